The van der Waals surface area contributed by atoms with E-state index < -0.39 is 6.04 Å². The molecule has 1 N–H and O–H groups in total. The molecule has 0 aliphatic carbocycles. The van der Waals surface area contributed by atoms with E-state index in [0.29, 0.717) is 18.8 Å². The number of carbonyl (C=O) groups is 2. The highest BCUT2D eigenvalue weighted by Gasteiger charge is 2.35. The van der Waals surface area contributed by atoms with Gasteiger partial charge in [-0.3, -0.25) is 9.59 Å². The summed E-state index contributed by atoms with van der Waals surface area (Å²) in [5.74, 6) is 0.275. The minimum Gasteiger partial charge on any atom is -0.459 e. The third-order valence-corrected chi connectivity index (χ3v) is 3.46. The molecular weight excluding hydrogens is 270 g/mol. The predicted octanol–water partition coefficient (Wildman–Crippen LogP) is 1.92. The SMILES string of the molecule is O=C(Nc1ccccn1)[C@H]1CCCN1C(=O)c1ccco1. The van der Waals surface area contributed by atoms with Crippen LogP contribution >= 0.6 is 0 Å². The molecule has 0 radical (unpaired) electrons. The van der Waals surface area contributed by atoms with Gasteiger partial charge in [-0.25, -0.2) is 4.98 Å². The normalized spacial score (nSPS) is 17.7. The van der Waals surface area contributed by atoms with Crippen molar-refractivity contribution in [3.63, 3.8) is 0 Å². The molecule has 1 fully saturated rings. The summed E-state index contributed by atoms with van der Waals surface area (Å²) < 4.78 is 5.12. The Morgan fingerprint density at radius 2 is 2.19 bits per heavy atom. The summed E-state index contributed by atoms with van der Waals surface area (Å²) in [7, 11) is 0. The summed E-state index contributed by atoms with van der Waals surface area (Å²) in [5.41, 5.74) is 0. The van der Waals surface area contributed by atoms with Gasteiger partial charge < -0.3 is 14.6 Å². The van der Waals surface area contributed by atoms with Gasteiger partial charge in [0.25, 0.3) is 5.91 Å². The van der Waals surface area contributed by atoms with E-state index >= 15 is 0 Å². The Morgan fingerprint density at radius 1 is 1.29 bits per heavy atom. The Kier molecular flexibility index (Phi) is 3.68. The van der Waals surface area contributed by atoms with Crippen LogP contribution in [0.15, 0.2) is 47.2 Å². The Labute approximate surface area is 121 Å². The van der Waals surface area contributed by atoms with Crippen LogP contribution in [0.2, 0.25) is 0 Å². The molecule has 2 amide bonds. The second-order valence-corrected chi connectivity index (χ2v) is 4.84. The zero-order valence-electron chi connectivity index (χ0n) is 11.4. The maximum Gasteiger partial charge on any atom is 0.290 e. The number of nitrogens with one attached hydrogen (secondary N) is 1. The molecule has 0 unspecified atom stereocenters. The lowest BCUT2D eigenvalue weighted by atomic mass is 10.2. The van der Waals surface area contributed by atoms with Gasteiger partial charge in [-0.05, 0) is 37.1 Å². The van der Waals surface area contributed by atoms with Gasteiger partial charge in [-0.1, -0.05) is 6.07 Å². The van der Waals surface area contributed by atoms with Gasteiger partial charge in [0, 0.05) is 12.7 Å². The number of pyridine rings is 1. The minimum atomic E-state index is -0.482. The third kappa shape index (κ3) is 2.79. The maximum absolute atomic E-state index is 12.3. The van der Waals surface area contributed by atoms with Crippen LogP contribution < -0.4 is 5.32 Å². The van der Waals surface area contributed by atoms with Crippen LogP contribution in [0.5, 0.6) is 0 Å². The lowest BCUT2D eigenvalue weighted by Gasteiger charge is -2.22. The zero-order valence-corrected chi connectivity index (χ0v) is 11.4. The van der Waals surface area contributed by atoms with Crippen LogP contribution in [-0.4, -0.2) is 34.3 Å². The number of amides is 2. The smallest absolute Gasteiger partial charge is 0.290 e. The summed E-state index contributed by atoms with van der Waals surface area (Å²) >= 11 is 0. The average molecular weight is 285 g/mol. The van der Waals surface area contributed by atoms with Gasteiger partial charge in [0.2, 0.25) is 5.91 Å². The predicted molar refractivity (Wildman–Crippen MR) is 75.6 cm³/mol. The molecule has 1 atom stereocenters. The number of likely N-dealkylation sites (tertiary alicyclic amines) is 1. The van der Waals surface area contributed by atoms with Gasteiger partial charge in [0.15, 0.2) is 5.76 Å². The summed E-state index contributed by atoms with van der Waals surface area (Å²) in [6, 6.07) is 8.07. The number of anilines is 1. The largest absolute Gasteiger partial charge is 0.459 e. The highest BCUT2D eigenvalue weighted by molar-refractivity contribution is 6.00. The summed E-state index contributed by atoms with van der Waals surface area (Å²) in [5, 5.41) is 2.74. The van der Waals surface area contributed by atoms with E-state index in [2.05, 4.69) is 10.3 Å². The van der Waals surface area contributed by atoms with Crippen molar-refractivity contribution >= 4 is 17.6 Å². The molecule has 21 heavy (non-hydrogen) atoms. The lowest BCUT2D eigenvalue weighted by Crippen LogP contribution is -2.43. The molecule has 1 saturated heterocycles. The van der Waals surface area contributed by atoms with Crippen molar-refractivity contribution in [2.45, 2.75) is 18.9 Å². The fourth-order valence-electron chi connectivity index (χ4n) is 2.47. The Balaban J connectivity index is 1.72. The molecule has 2 aromatic rings. The maximum atomic E-state index is 12.3. The molecule has 3 rings (SSSR count). The first-order valence-electron chi connectivity index (χ1n) is 6.82. The first-order valence-corrected chi connectivity index (χ1v) is 6.82. The summed E-state index contributed by atoms with van der Waals surface area (Å²) in [6.07, 6.45) is 4.50. The van der Waals surface area contributed by atoms with Crippen LogP contribution in [0.3, 0.4) is 0 Å². The van der Waals surface area contributed by atoms with E-state index in [4.69, 9.17) is 4.42 Å². The molecule has 6 heteroatoms. The molecule has 1 aliphatic heterocycles. The van der Waals surface area contributed by atoms with Crippen molar-refractivity contribution in [3.05, 3.63) is 48.6 Å². The van der Waals surface area contributed by atoms with Crippen molar-refractivity contribution in [1.82, 2.24) is 9.88 Å². The van der Waals surface area contributed by atoms with Gasteiger partial charge in [-0.2, -0.15) is 0 Å². The highest BCUT2D eigenvalue weighted by atomic mass is 16.3. The van der Waals surface area contributed by atoms with Crippen LogP contribution in [-0.2, 0) is 4.79 Å². The topological polar surface area (TPSA) is 75.4 Å². The number of rotatable bonds is 3. The monoisotopic (exact) mass is 285 g/mol. The Hall–Kier alpha value is -2.63. The lowest BCUT2D eigenvalue weighted by molar-refractivity contribution is -0.119. The third-order valence-electron chi connectivity index (χ3n) is 3.46. The quantitative estimate of drug-likeness (QED) is 0.934. The summed E-state index contributed by atoms with van der Waals surface area (Å²) in [4.78, 5) is 30.2. The van der Waals surface area contributed by atoms with Gasteiger partial charge in [0.05, 0.1) is 6.26 Å². The van der Waals surface area contributed by atoms with E-state index in [-0.39, 0.29) is 17.6 Å². The molecule has 6 nitrogen and oxygen atoms in total. The van der Waals surface area contributed by atoms with E-state index in [9.17, 15) is 9.59 Å². The molecular formula is C15H15N3O3. The molecule has 1 aliphatic rings. The number of furan rings is 1. The minimum absolute atomic E-state index is 0.217. The molecule has 0 aromatic carbocycles. The van der Waals surface area contributed by atoms with E-state index in [1.165, 1.54) is 6.26 Å². The molecule has 3 heterocycles. The zero-order chi connectivity index (χ0) is 14.7. The second-order valence-electron chi connectivity index (χ2n) is 4.84. The fraction of sp³-hybridized carbons (Fsp3) is 0.267. The number of hydrogen-bond acceptors (Lipinski definition) is 4. The van der Waals surface area contributed by atoms with Gasteiger partial charge in [0.1, 0.15) is 11.9 Å². The number of carbonyl (C=O) groups excluding carboxylic acids is 2. The van der Waals surface area contributed by atoms with Crippen molar-refractivity contribution in [2.24, 2.45) is 0 Å². The molecule has 108 valence electrons. The molecule has 0 spiro atoms. The highest BCUT2D eigenvalue weighted by Crippen LogP contribution is 2.21. The first kappa shape index (κ1) is 13.4. The second kappa shape index (κ2) is 5.78. The van der Waals surface area contributed by atoms with E-state index in [1.807, 2.05) is 0 Å². The van der Waals surface area contributed by atoms with E-state index in [1.54, 1.807) is 41.4 Å². The van der Waals surface area contributed by atoms with Gasteiger partial charge >= 0.3 is 0 Å². The van der Waals surface area contributed by atoms with Crippen molar-refractivity contribution in [1.29, 1.82) is 0 Å². The van der Waals surface area contributed by atoms with E-state index in [0.717, 1.165) is 6.42 Å². The average Bonchev–Trinajstić information content (AvgIpc) is 3.19. The molecule has 2 aromatic heterocycles. The number of aromatic nitrogens is 1. The molecule has 0 bridgehead atoms. The number of hydrogen-bond donors (Lipinski definition) is 1. The van der Waals surface area contributed by atoms with Crippen LogP contribution in [0.1, 0.15) is 23.4 Å². The molecule has 0 saturated carbocycles. The van der Waals surface area contributed by atoms with Crippen molar-refractivity contribution in [3.8, 4) is 0 Å². The summed E-state index contributed by atoms with van der Waals surface area (Å²) in [6.45, 7) is 0.555. The van der Waals surface area contributed by atoms with Crippen LogP contribution in [0.4, 0.5) is 5.82 Å². The van der Waals surface area contributed by atoms with Crippen LogP contribution in [0.25, 0.3) is 0 Å². The van der Waals surface area contributed by atoms with Crippen molar-refractivity contribution < 1.29 is 14.0 Å². The number of nitrogens with zero attached hydrogens (tertiary/aromatic N) is 2. The van der Waals surface area contributed by atoms with Gasteiger partial charge in [-0.15, -0.1) is 0 Å². The van der Waals surface area contributed by atoms with Crippen molar-refractivity contribution in [2.75, 3.05) is 11.9 Å². The Morgan fingerprint density at radius 3 is 2.90 bits per heavy atom. The Bertz CT molecular complexity index is 625. The standard InChI is InChI=1S/C15H15N3O3/c19-14(17-13-7-1-2-8-16-13)11-5-3-9-18(11)15(20)12-6-4-10-21-12/h1-2,4,6-8,10-11H,3,5,9H2,(H,16,17,19)/t11-/m1/s1. The van der Waals surface area contributed by atoms with Crippen LogP contribution in [0, 0.1) is 0 Å². The first-order chi connectivity index (χ1) is 10.3. The fourth-order valence-corrected chi connectivity index (χ4v) is 2.47.